The van der Waals surface area contributed by atoms with Crippen LogP contribution in [-0.4, -0.2) is 35.6 Å². The Morgan fingerprint density at radius 1 is 1.07 bits per heavy atom. The highest BCUT2D eigenvalue weighted by Gasteiger charge is 2.16. The van der Waals surface area contributed by atoms with E-state index in [2.05, 4.69) is 31.0 Å². The zero-order chi connectivity index (χ0) is 20.1. The number of methoxy groups -OCH3 is 1. The largest absolute Gasteiger partial charge is 0.495 e. The lowest BCUT2D eigenvalue weighted by atomic mass is 10.2. The summed E-state index contributed by atoms with van der Waals surface area (Å²) in [6.07, 6.45) is 1.46. The number of nitrogens with one attached hydrogen (secondary N) is 2. The van der Waals surface area contributed by atoms with E-state index in [0.717, 1.165) is 5.30 Å². The van der Waals surface area contributed by atoms with Crippen LogP contribution in [0.1, 0.15) is 0 Å². The molecular weight excluding hydrogens is 379 g/mol. The number of nitrogens with zero attached hydrogens (tertiary/aromatic N) is 4. The maximum Gasteiger partial charge on any atom is 0.249 e. The molecule has 0 bridgehead atoms. The van der Waals surface area contributed by atoms with Gasteiger partial charge >= 0.3 is 0 Å². The number of benzene rings is 2. The lowest BCUT2D eigenvalue weighted by molar-refractivity contribution is 0.417. The molecule has 0 fully saturated rings. The van der Waals surface area contributed by atoms with E-state index in [9.17, 15) is 9.47 Å². The average molecular weight is 398 g/mol. The molecule has 0 unspecified atom stereocenters. The number of aromatic nitrogens is 3. The second-order valence-electron chi connectivity index (χ2n) is 6.26. The van der Waals surface area contributed by atoms with Crippen LogP contribution in [0.2, 0.25) is 0 Å². The van der Waals surface area contributed by atoms with Crippen LogP contribution < -0.4 is 20.7 Å². The van der Waals surface area contributed by atoms with Crippen molar-refractivity contribution in [3.8, 4) is 5.75 Å². The summed E-state index contributed by atoms with van der Waals surface area (Å²) in [5, 5.41) is 17.6. The molecule has 0 atom stereocenters. The van der Waals surface area contributed by atoms with E-state index < -0.39 is 7.14 Å². The molecule has 3 rings (SSSR count). The number of ether oxygens (including phenoxy) is 1. The highest BCUT2D eigenvalue weighted by molar-refractivity contribution is 7.70. The van der Waals surface area contributed by atoms with Crippen molar-refractivity contribution in [2.24, 2.45) is 5.18 Å². The number of nitroso groups, excluding NO2 is 1. The molecule has 0 saturated heterocycles. The molecule has 1 aromatic heterocycles. The van der Waals surface area contributed by atoms with Crippen LogP contribution >= 0.6 is 7.14 Å². The summed E-state index contributed by atoms with van der Waals surface area (Å²) in [4.78, 5) is 15.2. The van der Waals surface area contributed by atoms with Gasteiger partial charge in [-0.3, -0.25) is 0 Å². The Bertz CT molecular complexity index is 1050. The SMILES string of the molecule is COc1ccc(N=O)cc1Nc1nncc(Nc2ccccc2P(C)(C)=O)n1. The molecule has 0 radical (unpaired) electrons. The van der Waals surface area contributed by atoms with Crippen LogP contribution in [0.3, 0.4) is 0 Å². The molecule has 1 heterocycles. The van der Waals surface area contributed by atoms with E-state index >= 15 is 0 Å². The van der Waals surface area contributed by atoms with Crippen molar-refractivity contribution in [1.29, 1.82) is 0 Å². The van der Waals surface area contributed by atoms with Gasteiger partial charge < -0.3 is 19.9 Å². The molecule has 0 amide bonds. The van der Waals surface area contributed by atoms with Gasteiger partial charge in [-0.15, -0.1) is 10.0 Å². The van der Waals surface area contributed by atoms with Crippen LogP contribution in [0.15, 0.2) is 53.8 Å². The Hall–Kier alpha value is -3.32. The zero-order valence-electron chi connectivity index (χ0n) is 15.6. The van der Waals surface area contributed by atoms with Crippen molar-refractivity contribution < 1.29 is 9.30 Å². The van der Waals surface area contributed by atoms with Gasteiger partial charge in [-0.1, -0.05) is 12.1 Å². The summed E-state index contributed by atoms with van der Waals surface area (Å²) in [5.41, 5.74) is 1.40. The number of rotatable bonds is 7. The van der Waals surface area contributed by atoms with Crippen LogP contribution in [0, 0.1) is 4.91 Å². The second-order valence-corrected chi connectivity index (χ2v) is 9.44. The summed E-state index contributed by atoms with van der Waals surface area (Å²) in [5.74, 6) is 1.11. The van der Waals surface area contributed by atoms with Gasteiger partial charge in [-0.25, -0.2) is 0 Å². The van der Waals surface area contributed by atoms with Crippen molar-refractivity contribution in [3.63, 3.8) is 0 Å². The number of hydrogen-bond donors (Lipinski definition) is 2. The van der Waals surface area contributed by atoms with E-state index in [1.807, 2.05) is 24.3 Å². The average Bonchev–Trinajstić information content (AvgIpc) is 2.68. The third kappa shape index (κ3) is 4.50. The number of para-hydroxylation sites is 1. The van der Waals surface area contributed by atoms with E-state index in [1.54, 1.807) is 25.5 Å². The molecule has 0 saturated carbocycles. The van der Waals surface area contributed by atoms with E-state index in [0.29, 0.717) is 22.9 Å². The third-order valence-electron chi connectivity index (χ3n) is 3.84. The second kappa shape index (κ2) is 8.14. The van der Waals surface area contributed by atoms with E-state index in [1.165, 1.54) is 19.4 Å². The normalized spacial score (nSPS) is 11.0. The van der Waals surface area contributed by atoms with Gasteiger partial charge in [0.2, 0.25) is 5.95 Å². The fourth-order valence-corrected chi connectivity index (χ4v) is 3.73. The molecule has 0 aliphatic rings. The van der Waals surface area contributed by atoms with Gasteiger partial charge in [-0.2, -0.15) is 10.1 Å². The molecule has 2 N–H and O–H groups in total. The number of hydrogen-bond acceptors (Lipinski definition) is 9. The van der Waals surface area contributed by atoms with Crippen LogP contribution in [0.4, 0.5) is 28.8 Å². The fraction of sp³-hybridized carbons (Fsp3) is 0.167. The zero-order valence-corrected chi connectivity index (χ0v) is 16.5. The van der Waals surface area contributed by atoms with Crippen molar-refractivity contribution in [2.45, 2.75) is 0 Å². The smallest absolute Gasteiger partial charge is 0.249 e. The first-order valence-corrected chi connectivity index (χ1v) is 10.9. The lowest BCUT2D eigenvalue weighted by Crippen LogP contribution is -2.11. The molecule has 144 valence electrons. The molecule has 0 aliphatic heterocycles. The van der Waals surface area contributed by atoms with Crippen molar-refractivity contribution in [2.75, 3.05) is 31.1 Å². The molecule has 0 spiro atoms. The molecule has 2 aromatic carbocycles. The van der Waals surface area contributed by atoms with Gasteiger partial charge in [0.25, 0.3) is 0 Å². The Labute approximate surface area is 161 Å². The Morgan fingerprint density at radius 2 is 1.86 bits per heavy atom. The maximum absolute atomic E-state index is 12.5. The third-order valence-corrected chi connectivity index (χ3v) is 5.39. The standard InChI is InChI=1S/C18H19N6O3P/c1-27-15-9-8-12(24-25)10-14(15)21-18-22-17(11-19-23-18)20-13-6-4-5-7-16(13)28(2,3)26/h4-11H,1-3H3,(H2,20,21,22,23). The van der Waals surface area contributed by atoms with Gasteiger partial charge in [0, 0.05) is 5.30 Å². The fourth-order valence-electron chi connectivity index (χ4n) is 2.57. The minimum absolute atomic E-state index is 0.194. The predicted molar refractivity (Wildman–Crippen MR) is 110 cm³/mol. The van der Waals surface area contributed by atoms with Crippen molar-refractivity contribution in [3.05, 3.63) is 53.6 Å². The Kier molecular flexibility index (Phi) is 5.65. The highest BCUT2D eigenvalue weighted by Crippen LogP contribution is 2.38. The van der Waals surface area contributed by atoms with Gasteiger partial charge in [0.1, 0.15) is 18.6 Å². The first-order valence-electron chi connectivity index (χ1n) is 8.30. The van der Waals surface area contributed by atoms with Crippen LogP contribution in [0.25, 0.3) is 0 Å². The molecule has 10 heteroatoms. The van der Waals surface area contributed by atoms with Crippen LogP contribution in [0.5, 0.6) is 5.75 Å². The molecule has 28 heavy (non-hydrogen) atoms. The highest BCUT2D eigenvalue weighted by atomic mass is 31.2. The first kappa shape index (κ1) is 19.4. The number of anilines is 4. The molecule has 0 aliphatic carbocycles. The monoisotopic (exact) mass is 398 g/mol. The quantitative estimate of drug-likeness (QED) is 0.453. The maximum atomic E-state index is 12.5. The molecular formula is C18H19N6O3P. The lowest BCUT2D eigenvalue weighted by Gasteiger charge is -2.15. The first-order chi connectivity index (χ1) is 13.4. The van der Waals surface area contributed by atoms with Crippen LogP contribution in [-0.2, 0) is 4.57 Å². The predicted octanol–water partition coefficient (Wildman–Crippen LogP) is 4.01. The van der Waals surface area contributed by atoms with Gasteiger partial charge in [-0.05, 0) is 48.8 Å². The summed E-state index contributed by atoms with van der Waals surface area (Å²) >= 11 is 0. The summed E-state index contributed by atoms with van der Waals surface area (Å²) in [7, 11) is -0.967. The van der Waals surface area contributed by atoms with E-state index in [4.69, 9.17) is 4.74 Å². The summed E-state index contributed by atoms with van der Waals surface area (Å²) < 4.78 is 17.8. The van der Waals surface area contributed by atoms with Gasteiger partial charge in [0.05, 0.1) is 24.7 Å². The molecule has 9 nitrogen and oxygen atoms in total. The van der Waals surface area contributed by atoms with E-state index in [-0.39, 0.29) is 11.6 Å². The minimum Gasteiger partial charge on any atom is -0.495 e. The van der Waals surface area contributed by atoms with Crippen molar-refractivity contribution in [1.82, 2.24) is 15.2 Å². The minimum atomic E-state index is -2.48. The Morgan fingerprint density at radius 3 is 2.57 bits per heavy atom. The summed E-state index contributed by atoms with van der Waals surface area (Å²) in [6, 6.07) is 12.0. The molecule has 3 aromatic rings. The topological polar surface area (TPSA) is 118 Å². The summed E-state index contributed by atoms with van der Waals surface area (Å²) in [6.45, 7) is 3.41. The van der Waals surface area contributed by atoms with Gasteiger partial charge in [0.15, 0.2) is 5.82 Å². The van der Waals surface area contributed by atoms with Crippen molar-refractivity contribution >= 4 is 41.3 Å². The Balaban J connectivity index is 1.89.